The summed E-state index contributed by atoms with van der Waals surface area (Å²) in [5.74, 6) is -0.902. The number of hydrogen-bond acceptors (Lipinski definition) is 5. The number of pyridine rings is 1. The van der Waals surface area contributed by atoms with E-state index in [0.29, 0.717) is 0 Å². The molecule has 1 amide bonds. The van der Waals surface area contributed by atoms with Gasteiger partial charge in [-0.15, -0.1) is 0 Å². The first-order valence-electron chi connectivity index (χ1n) is 11.9. The van der Waals surface area contributed by atoms with Crippen LogP contribution in [-0.4, -0.2) is 51.9 Å². The Bertz CT molecular complexity index is 1470. The van der Waals surface area contributed by atoms with Crippen molar-refractivity contribution >= 4 is 34.2 Å². The van der Waals surface area contributed by atoms with Crippen LogP contribution in [0.2, 0.25) is 5.02 Å². The highest BCUT2D eigenvalue weighted by atomic mass is 35.5. The van der Waals surface area contributed by atoms with Crippen molar-refractivity contribution in [1.82, 2.24) is 19.8 Å². The number of hydrogen-bond donors (Lipinski definition) is 2. The number of aromatic amines is 1. The molecular weight excluding hydrogens is 500 g/mol. The second-order valence-electron chi connectivity index (χ2n) is 9.07. The third kappa shape index (κ3) is 5.23. The number of piperazine rings is 1. The Morgan fingerprint density at radius 3 is 2.62 bits per heavy atom. The summed E-state index contributed by atoms with van der Waals surface area (Å²) in [5, 5.41) is 0.759. The summed E-state index contributed by atoms with van der Waals surface area (Å²) in [6, 6.07) is 9.74. The van der Waals surface area contributed by atoms with Crippen LogP contribution in [0.25, 0.3) is 22.0 Å². The number of aromatic nitrogens is 2. The fourth-order valence-electron chi connectivity index (χ4n) is 4.53. The molecule has 0 radical (unpaired) electrons. The van der Waals surface area contributed by atoms with Crippen molar-refractivity contribution in [2.75, 3.05) is 31.9 Å². The van der Waals surface area contributed by atoms with Gasteiger partial charge in [0, 0.05) is 74.1 Å². The minimum atomic E-state index is -0.724. The molecule has 1 aliphatic rings. The average Bonchev–Trinajstić information content (AvgIpc) is 3.29. The summed E-state index contributed by atoms with van der Waals surface area (Å²) < 4.78 is 33.6. The van der Waals surface area contributed by atoms with Gasteiger partial charge in [0.15, 0.2) is 11.6 Å². The van der Waals surface area contributed by atoms with Gasteiger partial charge in [-0.2, -0.15) is 0 Å². The van der Waals surface area contributed by atoms with Crippen molar-refractivity contribution in [3.8, 4) is 16.9 Å². The standard InChI is InChI=1S/C27H26ClF2N5O2/c1-16(36)35-8-6-34(7-9-35)14-19-13-32-24-5-2-17(10-20(19)24)18-11-25(27(31)33-12-18)37-15-21-22(29)3-4-23(30)26(21)28/h2-5,10-13,32H,6-9,14-15H2,1H3,(H2,31,33). The summed E-state index contributed by atoms with van der Waals surface area (Å²) in [4.78, 5) is 23.4. The van der Waals surface area contributed by atoms with Crippen LogP contribution in [0.1, 0.15) is 18.1 Å². The molecule has 0 unspecified atom stereocenters. The van der Waals surface area contributed by atoms with Crippen LogP contribution in [0.4, 0.5) is 14.6 Å². The lowest BCUT2D eigenvalue weighted by molar-refractivity contribution is -0.130. The van der Waals surface area contributed by atoms with E-state index in [1.165, 1.54) is 0 Å². The zero-order valence-corrected chi connectivity index (χ0v) is 21.0. The number of carbonyl (C=O) groups excluding carboxylic acids is 1. The van der Waals surface area contributed by atoms with Crippen molar-refractivity contribution in [1.29, 1.82) is 0 Å². The summed E-state index contributed by atoms with van der Waals surface area (Å²) in [5.41, 5.74) is 9.74. The fraction of sp³-hybridized carbons (Fsp3) is 0.259. The number of halogens is 3. The average molecular weight is 526 g/mol. The number of fused-ring (bicyclic) bond motifs is 1. The number of nitrogens with zero attached hydrogens (tertiary/aromatic N) is 3. The number of H-pyrrole nitrogens is 1. The number of benzene rings is 2. The highest BCUT2D eigenvalue weighted by Gasteiger charge is 2.20. The van der Waals surface area contributed by atoms with Crippen molar-refractivity contribution in [2.24, 2.45) is 0 Å². The zero-order chi connectivity index (χ0) is 26.1. The number of nitrogens with two attached hydrogens (primary N) is 1. The molecule has 0 atom stereocenters. The van der Waals surface area contributed by atoms with Gasteiger partial charge in [-0.3, -0.25) is 9.69 Å². The van der Waals surface area contributed by atoms with E-state index >= 15 is 0 Å². The van der Waals surface area contributed by atoms with Crippen LogP contribution in [0.15, 0.2) is 48.8 Å². The number of carbonyl (C=O) groups is 1. The van der Waals surface area contributed by atoms with Gasteiger partial charge in [0.05, 0.1) is 5.02 Å². The molecule has 0 saturated carbocycles. The zero-order valence-electron chi connectivity index (χ0n) is 20.2. The van der Waals surface area contributed by atoms with Crippen LogP contribution in [0.5, 0.6) is 5.75 Å². The molecule has 10 heteroatoms. The molecular formula is C27H26ClF2N5O2. The molecule has 1 fully saturated rings. The largest absolute Gasteiger partial charge is 0.485 e. The first kappa shape index (κ1) is 25.0. The Labute approximate surface area is 217 Å². The van der Waals surface area contributed by atoms with E-state index in [1.807, 2.05) is 23.2 Å². The molecule has 3 heterocycles. The lowest BCUT2D eigenvalue weighted by Gasteiger charge is -2.34. The Hall–Kier alpha value is -3.69. The predicted molar refractivity (Wildman–Crippen MR) is 139 cm³/mol. The third-order valence-corrected chi connectivity index (χ3v) is 7.11. The molecule has 7 nitrogen and oxygen atoms in total. The van der Waals surface area contributed by atoms with Gasteiger partial charge in [0.2, 0.25) is 5.91 Å². The minimum absolute atomic E-state index is 0.0889. The van der Waals surface area contributed by atoms with Gasteiger partial charge in [-0.05, 0) is 41.5 Å². The topological polar surface area (TPSA) is 87.5 Å². The maximum Gasteiger partial charge on any atom is 0.219 e. The van der Waals surface area contributed by atoms with Crippen molar-refractivity contribution in [3.63, 3.8) is 0 Å². The SMILES string of the molecule is CC(=O)N1CCN(Cc2c[nH]c3ccc(-c4cnc(N)c(OCc5c(F)ccc(F)c5Cl)c4)cc23)CC1. The predicted octanol–water partition coefficient (Wildman–Crippen LogP) is 4.99. The first-order valence-corrected chi connectivity index (χ1v) is 12.3. The molecule has 1 aliphatic heterocycles. The molecule has 2 aromatic carbocycles. The van der Waals surface area contributed by atoms with Gasteiger partial charge >= 0.3 is 0 Å². The van der Waals surface area contributed by atoms with E-state index in [4.69, 9.17) is 22.1 Å². The summed E-state index contributed by atoms with van der Waals surface area (Å²) in [6.07, 6.45) is 3.66. The monoisotopic (exact) mass is 525 g/mol. The molecule has 3 N–H and O–H groups in total. The second kappa shape index (κ2) is 10.4. The maximum absolute atomic E-state index is 14.2. The quantitative estimate of drug-likeness (QED) is 0.346. The molecule has 192 valence electrons. The molecule has 0 spiro atoms. The van der Waals surface area contributed by atoms with E-state index in [0.717, 1.165) is 72.4 Å². The maximum atomic E-state index is 14.2. The first-order chi connectivity index (χ1) is 17.8. The summed E-state index contributed by atoms with van der Waals surface area (Å²) >= 11 is 5.92. The third-order valence-electron chi connectivity index (χ3n) is 6.71. The lowest BCUT2D eigenvalue weighted by atomic mass is 10.0. The lowest BCUT2D eigenvalue weighted by Crippen LogP contribution is -2.47. The molecule has 0 bridgehead atoms. The fourth-order valence-corrected chi connectivity index (χ4v) is 4.74. The van der Waals surface area contributed by atoms with Gasteiger partial charge in [-0.25, -0.2) is 13.8 Å². The van der Waals surface area contributed by atoms with Crippen LogP contribution >= 0.6 is 11.6 Å². The number of nitrogen functional groups attached to an aromatic ring is 1. The van der Waals surface area contributed by atoms with E-state index in [9.17, 15) is 13.6 Å². The molecule has 2 aromatic heterocycles. The number of nitrogens with one attached hydrogen (secondary N) is 1. The highest BCUT2D eigenvalue weighted by Crippen LogP contribution is 2.32. The molecule has 0 aliphatic carbocycles. The van der Waals surface area contributed by atoms with E-state index in [2.05, 4.69) is 20.9 Å². The van der Waals surface area contributed by atoms with Crippen molar-refractivity contribution in [2.45, 2.75) is 20.1 Å². The van der Waals surface area contributed by atoms with Crippen LogP contribution < -0.4 is 10.5 Å². The normalized spacial score (nSPS) is 14.3. The smallest absolute Gasteiger partial charge is 0.219 e. The Kier molecular flexibility index (Phi) is 6.99. The summed E-state index contributed by atoms with van der Waals surface area (Å²) in [7, 11) is 0. The van der Waals surface area contributed by atoms with Gasteiger partial charge in [0.25, 0.3) is 0 Å². The minimum Gasteiger partial charge on any atom is -0.485 e. The van der Waals surface area contributed by atoms with Gasteiger partial charge in [0.1, 0.15) is 18.2 Å². The number of rotatable bonds is 6. The Morgan fingerprint density at radius 1 is 1.11 bits per heavy atom. The number of anilines is 1. The second-order valence-corrected chi connectivity index (χ2v) is 9.45. The molecule has 4 aromatic rings. The van der Waals surface area contributed by atoms with Crippen molar-refractivity contribution in [3.05, 3.63) is 76.6 Å². The van der Waals surface area contributed by atoms with Crippen LogP contribution in [-0.2, 0) is 17.9 Å². The summed E-state index contributed by atoms with van der Waals surface area (Å²) in [6.45, 7) is 5.18. The number of amides is 1. The van der Waals surface area contributed by atoms with Gasteiger partial charge in [-0.1, -0.05) is 17.7 Å². The van der Waals surface area contributed by atoms with Crippen LogP contribution in [0, 0.1) is 11.6 Å². The van der Waals surface area contributed by atoms with E-state index in [1.54, 1.807) is 19.2 Å². The molecule has 5 rings (SSSR count). The number of ether oxygens (including phenoxy) is 1. The van der Waals surface area contributed by atoms with Crippen molar-refractivity contribution < 1.29 is 18.3 Å². The Balaban J connectivity index is 1.36. The van der Waals surface area contributed by atoms with Crippen LogP contribution in [0.3, 0.4) is 0 Å². The highest BCUT2D eigenvalue weighted by molar-refractivity contribution is 6.31. The molecule has 1 saturated heterocycles. The van der Waals surface area contributed by atoms with E-state index < -0.39 is 11.6 Å². The molecule has 37 heavy (non-hydrogen) atoms. The van der Waals surface area contributed by atoms with E-state index in [-0.39, 0.29) is 34.7 Å². The van der Waals surface area contributed by atoms with Gasteiger partial charge < -0.3 is 20.4 Å². The Morgan fingerprint density at radius 2 is 1.86 bits per heavy atom.